The second-order valence-electron chi connectivity index (χ2n) is 7.25. The molecule has 154 valence electrons. The lowest BCUT2D eigenvalue weighted by molar-refractivity contribution is -0.126. The molecule has 1 saturated heterocycles. The molecule has 0 saturated carbocycles. The average Bonchev–Trinajstić information content (AvgIpc) is 2.71. The summed E-state index contributed by atoms with van der Waals surface area (Å²) in [6, 6.07) is 16.1. The summed E-state index contributed by atoms with van der Waals surface area (Å²) in [6.45, 7) is 1.39. The predicted octanol–water partition coefficient (Wildman–Crippen LogP) is 2.23. The molecule has 0 aromatic heterocycles. The summed E-state index contributed by atoms with van der Waals surface area (Å²) in [5.74, 6) is -0.518. The Morgan fingerprint density at radius 1 is 1.10 bits per heavy atom. The highest BCUT2D eigenvalue weighted by Gasteiger charge is 2.29. The van der Waals surface area contributed by atoms with E-state index in [9.17, 15) is 18.0 Å². The Morgan fingerprint density at radius 2 is 1.86 bits per heavy atom. The fraction of sp³-hybridized carbons (Fsp3) is 0.333. The smallest absolute Gasteiger partial charge is 0.253 e. The number of carbonyl (C=O) groups excluding carboxylic acids is 2. The Bertz CT molecular complexity index is 976. The summed E-state index contributed by atoms with van der Waals surface area (Å²) >= 11 is 0. The molecule has 0 bridgehead atoms. The van der Waals surface area contributed by atoms with Gasteiger partial charge in [0.1, 0.15) is 0 Å². The van der Waals surface area contributed by atoms with E-state index in [1.807, 2.05) is 30.3 Å². The number of hydrogen-bond acceptors (Lipinski definition) is 4. The molecule has 1 aliphatic rings. The fourth-order valence-electron chi connectivity index (χ4n) is 3.42. The number of carbonyl (C=O) groups is 2. The lowest BCUT2D eigenvalue weighted by atomic mass is 9.96. The van der Waals surface area contributed by atoms with Crippen molar-refractivity contribution in [2.24, 2.45) is 5.92 Å². The molecule has 1 atom stereocenters. The van der Waals surface area contributed by atoms with Crippen molar-refractivity contribution in [1.82, 2.24) is 10.2 Å². The molecule has 0 spiro atoms. The van der Waals surface area contributed by atoms with E-state index < -0.39 is 10.0 Å². The van der Waals surface area contributed by atoms with Crippen molar-refractivity contribution in [3.05, 3.63) is 65.7 Å². The van der Waals surface area contributed by atoms with Gasteiger partial charge in [-0.2, -0.15) is 0 Å². The zero-order valence-electron chi connectivity index (χ0n) is 16.3. The molecule has 8 heteroatoms. The van der Waals surface area contributed by atoms with Crippen LogP contribution in [0.25, 0.3) is 0 Å². The quantitative estimate of drug-likeness (QED) is 0.756. The summed E-state index contributed by atoms with van der Waals surface area (Å²) < 4.78 is 25.2. The molecule has 0 radical (unpaired) electrons. The molecule has 1 fully saturated rings. The van der Waals surface area contributed by atoms with Crippen molar-refractivity contribution in [3.8, 4) is 0 Å². The third-order valence-electron chi connectivity index (χ3n) is 4.80. The Morgan fingerprint density at radius 3 is 2.59 bits per heavy atom. The molecule has 0 aliphatic carbocycles. The van der Waals surface area contributed by atoms with Gasteiger partial charge in [-0.25, -0.2) is 8.42 Å². The van der Waals surface area contributed by atoms with Gasteiger partial charge in [-0.05, 0) is 36.6 Å². The highest BCUT2D eigenvalue weighted by Crippen LogP contribution is 2.20. The molecule has 2 aromatic rings. The summed E-state index contributed by atoms with van der Waals surface area (Å²) in [5.41, 5.74) is 1.76. The van der Waals surface area contributed by atoms with Crippen molar-refractivity contribution in [2.75, 3.05) is 24.1 Å². The molecule has 1 heterocycles. The SMILES string of the molecule is CS(=O)(=O)Nc1cccc(C(=O)N2CCCC(C(=O)NCc3ccccc3)C2)c1. The van der Waals surface area contributed by atoms with E-state index >= 15 is 0 Å². The summed E-state index contributed by atoms with van der Waals surface area (Å²) in [4.78, 5) is 27.1. The number of piperidine rings is 1. The summed E-state index contributed by atoms with van der Waals surface area (Å²) in [6.07, 6.45) is 2.54. The van der Waals surface area contributed by atoms with E-state index in [0.29, 0.717) is 30.9 Å². The third-order valence-corrected chi connectivity index (χ3v) is 5.41. The number of rotatable bonds is 6. The molecule has 29 heavy (non-hydrogen) atoms. The molecule has 1 aliphatic heterocycles. The van der Waals surface area contributed by atoms with Crippen LogP contribution in [0.3, 0.4) is 0 Å². The van der Waals surface area contributed by atoms with Gasteiger partial charge in [0.25, 0.3) is 5.91 Å². The number of nitrogens with one attached hydrogen (secondary N) is 2. The Labute approximate surface area is 171 Å². The molecule has 2 amide bonds. The van der Waals surface area contributed by atoms with Crippen LogP contribution in [0.1, 0.15) is 28.8 Å². The van der Waals surface area contributed by atoms with Crippen molar-refractivity contribution >= 4 is 27.5 Å². The van der Waals surface area contributed by atoms with Gasteiger partial charge in [0.2, 0.25) is 15.9 Å². The van der Waals surface area contributed by atoms with Crippen LogP contribution in [-0.2, 0) is 21.4 Å². The minimum absolute atomic E-state index is 0.0566. The molecule has 7 nitrogen and oxygen atoms in total. The van der Waals surface area contributed by atoms with Crippen molar-refractivity contribution in [1.29, 1.82) is 0 Å². The molecule has 3 rings (SSSR count). The van der Waals surface area contributed by atoms with Gasteiger partial charge in [0.15, 0.2) is 0 Å². The summed E-state index contributed by atoms with van der Waals surface area (Å²) in [7, 11) is -3.42. The largest absolute Gasteiger partial charge is 0.352 e. The van der Waals surface area contributed by atoms with E-state index in [1.165, 1.54) is 6.07 Å². The zero-order chi connectivity index (χ0) is 20.9. The van der Waals surface area contributed by atoms with Crippen LogP contribution in [0.2, 0.25) is 0 Å². The van der Waals surface area contributed by atoms with Gasteiger partial charge in [-0.15, -0.1) is 0 Å². The van der Waals surface area contributed by atoms with E-state index in [-0.39, 0.29) is 17.7 Å². The standard InChI is InChI=1S/C21H25N3O4S/c1-29(27,28)23-19-11-5-9-17(13-19)21(26)24-12-6-10-18(15-24)20(25)22-14-16-7-3-2-4-8-16/h2-5,7-9,11,13,18,23H,6,10,12,14-15H2,1H3,(H,22,25). The van der Waals surface area contributed by atoms with E-state index in [1.54, 1.807) is 23.1 Å². The van der Waals surface area contributed by atoms with Gasteiger partial charge in [-0.3, -0.25) is 14.3 Å². The van der Waals surface area contributed by atoms with Gasteiger partial charge in [-0.1, -0.05) is 36.4 Å². The second-order valence-corrected chi connectivity index (χ2v) is 9.00. The monoisotopic (exact) mass is 415 g/mol. The van der Waals surface area contributed by atoms with Crippen LogP contribution in [0.5, 0.6) is 0 Å². The average molecular weight is 416 g/mol. The molecular weight excluding hydrogens is 390 g/mol. The van der Waals surface area contributed by atoms with Crippen LogP contribution in [0.15, 0.2) is 54.6 Å². The van der Waals surface area contributed by atoms with Crippen molar-refractivity contribution in [3.63, 3.8) is 0 Å². The minimum atomic E-state index is -3.42. The maximum Gasteiger partial charge on any atom is 0.253 e. The number of anilines is 1. The van der Waals surface area contributed by atoms with Gasteiger partial charge >= 0.3 is 0 Å². The first-order chi connectivity index (χ1) is 13.8. The molecule has 2 aromatic carbocycles. The number of amides is 2. The van der Waals surface area contributed by atoms with Crippen molar-refractivity contribution < 1.29 is 18.0 Å². The lowest BCUT2D eigenvalue weighted by Gasteiger charge is -2.32. The first-order valence-electron chi connectivity index (χ1n) is 9.50. The van der Waals surface area contributed by atoms with Gasteiger partial charge < -0.3 is 10.2 Å². The number of nitrogens with zero attached hydrogens (tertiary/aromatic N) is 1. The Balaban J connectivity index is 1.62. The van der Waals surface area contributed by atoms with Crippen LogP contribution in [-0.4, -0.2) is 44.5 Å². The number of hydrogen-bond donors (Lipinski definition) is 2. The number of likely N-dealkylation sites (tertiary alicyclic amines) is 1. The maximum absolute atomic E-state index is 12.9. The van der Waals surface area contributed by atoms with Crippen LogP contribution >= 0.6 is 0 Å². The topological polar surface area (TPSA) is 95.6 Å². The zero-order valence-corrected chi connectivity index (χ0v) is 17.1. The molecular formula is C21H25N3O4S. The van der Waals surface area contributed by atoms with Crippen LogP contribution in [0, 0.1) is 5.92 Å². The second kappa shape index (κ2) is 9.09. The number of sulfonamides is 1. The first-order valence-corrected chi connectivity index (χ1v) is 11.4. The van der Waals surface area contributed by atoms with E-state index in [0.717, 1.165) is 24.7 Å². The maximum atomic E-state index is 12.9. The van der Waals surface area contributed by atoms with E-state index in [2.05, 4.69) is 10.0 Å². The highest BCUT2D eigenvalue weighted by atomic mass is 32.2. The third kappa shape index (κ3) is 6.05. The number of benzene rings is 2. The Hall–Kier alpha value is -2.87. The van der Waals surface area contributed by atoms with Crippen LogP contribution in [0.4, 0.5) is 5.69 Å². The van der Waals surface area contributed by atoms with Gasteiger partial charge in [0.05, 0.1) is 12.2 Å². The summed E-state index contributed by atoms with van der Waals surface area (Å²) in [5, 5.41) is 2.95. The lowest BCUT2D eigenvalue weighted by Crippen LogP contribution is -2.45. The highest BCUT2D eigenvalue weighted by molar-refractivity contribution is 7.92. The predicted molar refractivity (Wildman–Crippen MR) is 112 cm³/mol. The van der Waals surface area contributed by atoms with Gasteiger partial charge in [0, 0.05) is 30.9 Å². The fourth-order valence-corrected chi connectivity index (χ4v) is 3.97. The van der Waals surface area contributed by atoms with E-state index in [4.69, 9.17) is 0 Å². The minimum Gasteiger partial charge on any atom is -0.352 e. The Kier molecular flexibility index (Phi) is 6.53. The van der Waals surface area contributed by atoms with Crippen molar-refractivity contribution in [2.45, 2.75) is 19.4 Å². The first kappa shape index (κ1) is 20.9. The normalized spacial score (nSPS) is 16.9. The molecule has 1 unspecified atom stereocenters. The molecule has 2 N–H and O–H groups in total. The van der Waals surface area contributed by atoms with Crippen LogP contribution < -0.4 is 10.0 Å².